The molecule has 0 bridgehead atoms. The van der Waals surface area contributed by atoms with Crippen LogP contribution in [-0.2, 0) is 0 Å². The summed E-state index contributed by atoms with van der Waals surface area (Å²) in [6.07, 6.45) is 0. The van der Waals surface area contributed by atoms with Gasteiger partial charge in [0.15, 0.2) is 0 Å². The largest absolute Gasteiger partial charge is 0.0955 e. The maximum Gasteiger partial charge on any atom is -0.0174 e. The topological polar surface area (TPSA) is 0 Å². The van der Waals surface area contributed by atoms with Gasteiger partial charge in [0.2, 0.25) is 0 Å². The Morgan fingerprint density at radius 2 is 0.958 bits per heavy atom. The van der Waals surface area contributed by atoms with Gasteiger partial charge in [-0.05, 0) is 56.2 Å². The minimum absolute atomic E-state index is 0.852. The Balaban J connectivity index is -0.000000141. The summed E-state index contributed by atoms with van der Waals surface area (Å²) >= 11 is 0. The molecule has 0 nitrogen and oxygen atoms in total. The first-order chi connectivity index (χ1) is 11.2. The van der Waals surface area contributed by atoms with E-state index in [0.29, 0.717) is 0 Å². The van der Waals surface area contributed by atoms with Gasteiger partial charge in [-0.3, -0.25) is 0 Å². The lowest BCUT2D eigenvalue weighted by Gasteiger charge is -2.10. The molecule has 0 N–H and O–H groups in total. The number of hydrogen-bond donors (Lipinski definition) is 0. The first kappa shape index (κ1) is 30.8. The van der Waals surface area contributed by atoms with Crippen LogP contribution in [0.1, 0.15) is 98.4 Å². The molecular formula is C24H48. The lowest BCUT2D eigenvalue weighted by Crippen LogP contribution is -1.95. The molecule has 1 rings (SSSR count). The van der Waals surface area contributed by atoms with E-state index in [1.54, 1.807) is 0 Å². The van der Waals surface area contributed by atoms with E-state index < -0.39 is 0 Å². The van der Waals surface area contributed by atoms with Crippen LogP contribution >= 0.6 is 0 Å². The third-order valence-electron chi connectivity index (χ3n) is 3.44. The molecule has 0 aliphatic rings. The molecule has 0 fully saturated rings. The second-order valence-electron chi connectivity index (χ2n) is 6.04. The maximum absolute atomic E-state index is 3.98. The zero-order chi connectivity index (χ0) is 20.5. The number of rotatable bonds is 2. The molecule has 0 heterocycles. The minimum atomic E-state index is 0.852. The van der Waals surface area contributed by atoms with E-state index >= 15 is 0 Å². The van der Waals surface area contributed by atoms with Crippen molar-refractivity contribution in [1.29, 1.82) is 0 Å². The fraction of sp³-hybridized carbons (Fsp3) is 0.667. The summed E-state index contributed by atoms with van der Waals surface area (Å²) < 4.78 is 0. The van der Waals surface area contributed by atoms with Crippen LogP contribution in [0.25, 0.3) is 5.57 Å². The standard InChI is InChI=1S/C12H16.C6H14.3C2H6/c1-8(2)12-10(4)6-9(3)7-11(12)5;1-5(2)6(3)4;3*1-2/h6-7H,1H2,2-5H3;5-6H,1-4H3;3*1-2H3. The predicted molar refractivity (Wildman–Crippen MR) is 119 cm³/mol. The number of benzene rings is 1. The molecule has 0 spiro atoms. The Morgan fingerprint density at radius 1 is 0.708 bits per heavy atom. The van der Waals surface area contributed by atoms with E-state index in [2.05, 4.69) is 74.1 Å². The van der Waals surface area contributed by atoms with Crippen molar-refractivity contribution in [2.75, 3.05) is 0 Å². The van der Waals surface area contributed by atoms with E-state index in [0.717, 1.165) is 17.4 Å². The van der Waals surface area contributed by atoms with Crippen LogP contribution in [0.15, 0.2) is 18.7 Å². The predicted octanol–water partition coefficient (Wildman–Crippen LogP) is 9.02. The van der Waals surface area contributed by atoms with Crippen molar-refractivity contribution >= 4 is 5.57 Å². The summed E-state index contributed by atoms with van der Waals surface area (Å²) in [5.41, 5.74) is 6.47. The summed E-state index contributed by atoms with van der Waals surface area (Å²) in [5.74, 6) is 1.70. The van der Waals surface area contributed by atoms with E-state index in [1.807, 2.05) is 41.5 Å². The highest BCUT2D eigenvalue weighted by Crippen LogP contribution is 2.22. The molecule has 1 aromatic rings. The van der Waals surface area contributed by atoms with Crippen molar-refractivity contribution in [3.63, 3.8) is 0 Å². The van der Waals surface area contributed by atoms with Gasteiger partial charge in [0.1, 0.15) is 0 Å². The third kappa shape index (κ3) is 15.8. The third-order valence-corrected chi connectivity index (χ3v) is 3.44. The molecule has 1 aromatic carbocycles. The molecule has 0 aliphatic carbocycles. The molecule has 144 valence electrons. The zero-order valence-electron chi connectivity index (χ0n) is 19.5. The lowest BCUT2D eigenvalue weighted by molar-refractivity contribution is 0.457. The summed E-state index contributed by atoms with van der Waals surface area (Å²) in [7, 11) is 0. The van der Waals surface area contributed by atoms with Gasteiger partial charge in [0.05, 0.1) is 0 Å². The van der Waals surface area contributed by atoms with Crippen molar-refractivity contribution in [3.8, 4) is 0 Å². The van der Waals surface area contributed by atoms with Gasteiger partial charge in [-0.15, -0.1) is 0 Å². The Labute approximate surface area is 155 Å². The van der Waals surface area contributed by atoms with E-state index in [9.17, 15) is 0 Å². The Morgan fingerprint density at radius 3 is 1.12 bits per heavy atom. The van der Waals surface area contributed by atoms with Crippen LogP contribution in [0.5, 0.6) is 0 Å². The molecule has 0 saturated carbocycles. The highest BCUT2D eigenvalue weighted by atomic mass is 14.1. The SMILES string of the molecule is C=C(C)c1c(C)cc(C)cc1C.CC.CC.CC.CC(C)C(C)C. The smallest absolute Gasteiger partial charge is 0.0174 e. The van der Waals surface area contributed by atoms with E-state index in [4.69, 9.17) is 0 Å². The first-order valence-electron chi connectivity index (χ1n) is 9.90. The summed E-state index contributed by atoms with van der Waals surface area (Å²) in [4.78, 5) is 0. The summed E-state index contributed by atoms with van der Waals surface area (Å²) in [6.45, 7) is 33.4. The highest BCUT2D eigenvalue weighted by Gasteiger charge is 2.03. The monoisotopic (exact) mass is 336 g/mol. The van der Waals surface area contributed by atoms with Gasteiger partial charge < -0.3 is 0 Å². The van der Waals surface area contributed by atoms with Crippen LogP contribution < -0.4 is 0 Å². The molecule has 0 unspecified atom stereocenters. The molecule has 24 heavy (non-hydrogen) atoms. The maximum atomic E-state index is 3.98. The van der Waals surface area contributed by atoms with Gasteiger partial charge in [0.25, 0.3) is 0 Å². The average Bonchev–Trinajstić information content (AvgIpc) is 2.52. The van der Waals surface area contributed by atoms with Crippen molar-refractivity contribution in [2.24, 2.45) is 11.8 Å². The van der Waals surface area contributed by atoms with Gasteiger partial charge in [0, 0.05) is 0 Å². The fourth-order valence-corrected chi connectivity index (χ4v) is 1.85. The minimum Gasteiger partial charge on any atom is -0.0955 e. The lowest BCUT2D eigenvalue weighted by atomic mass is 9.95. The molecule has 0 saturated heterocycles. The molecule has 0 heteroatoms. The van der Waals surface area contributed by atoms with Crippen LogP contribution in [-0.4, -0.2) is 0 Å². The molecule has 0 aliphatic heterocycles. The number of allylic oxidation sites excluding steroid dienone is 1. The molecular weight excluding hydrogens is 288 g/mol. The average molecular weight is 337 g/mol. The number of hydrogen-bond acceptors (Lipinski definition) is 0. The Kier molecular flexibility index (Phi) is 25.7. The van der Waals surface area contributed by atoms with Gasteiger partial charge in [-0.25, -0.2) is 0 Å². The molecule has 0 radical (unpaired) electrons. The van der Waals surface area contributed by atoms with Crippen LogP contribution in [0.2, 0.25) is 0 Å². The van der Waals surface area contributed by atoms with Gasteiger partial charge in [-0.2, -0.15) is 0 Å². The Hall–Kier alpha value is -1.04. The normalized spacial score (nSPS) is 8.50. The first-order valence-corrected chi connectivity index (χ1v) is 9.90. The van der Waals surface area contributed by atoms with Crippen molar-refractivity contribution in [1.82, 2.24) is 0 Å². The number of aryl methyl sites for hydroxylation is 3. The quantitative estimate of drug-likeness (QED) is 0.505. The van der Waals surface area contributed by atoms with Gasteiger partial charge >= 0.3 is 0 Å². The molecule has 0 atom stereocenters. The van der Waals surface area contributed by atoms with E-state index in [1.165, 1.54) is 22.3 Å². The second-order valence-corrected chi connectivity index (χ2v) is 6.04. The highest BCUT2D eigenvalue weighted by molar-refractivity contribution is 5.67. The van der Waals surface area contributed by atoms with Crippen molar-refractivity contribution in [2.45, 2.75) is 96.9 Å². The zero-order valence-corrected chi connectivity index (χ0v) is 19.5. The summed E-state index contributed by atoms with van der Waals surface area (Å²) in [6, 6.07) is 4.41. The fourth-order valence-electron chi connectivity index (χ4n) is 1.85. The second kappa shape index (κ2) is 20.0. The van der Waals surface area contributed by atoms with Crippen molar-refractivity contribution < 1.29 is 0 Å². The van der Waals surface area contributed by atoms with E-state index in [-0.39, 0.29) is 0 Å². The van der Waals surface area contributed by atoms with Crippen LogP contribution in [0, 0.1) is 32.6 Å². The van der Waals surface area contributed by atoms with Gasteiger partial charge in [-0.1, -0.05) is 99.1 Å². The summed E-state index contributed by atoms with van der Waals surface area (Å²) in [5, 5.41) is 0. The molecule has 0 amide bonds. The van der Waals surface area contributed by atoms with Crippen molar-refractivity contribution in [3.05, 3.63) is 41.0 Å². The molecule has 0 aromatic heterocycles. The Bertz CT molecular complexity index is 365. The van der Waals surface area contributed by atoms with Crippen LogP contribution in [0.3, 0.4) is 0 Å². The van der Waals surface area contributed by atoms with Crippen LogP contribution in [0.4, 0.5) is 0 Å².